The molecule has 156 valence electrons. The van der Waals surface area contributed by atoms with Crippen molar-refractivity contribution in [3.05, 3.63) is 88.4 Å². The fourth-order valence-electron chi connectivity index (χ4n) is 3.63. The summed E-state index contributed by atoms with van der Waals surface area (Å²) < 4.78 is 17.7. The highest BCUT2D eigenvalue weighted by Crippen LogP contribution is 2.36. The molecule has 0 N–H and O–H groups in total. The van der Waals surface area contributed by atoms with Crippen LogP contribution in [0.2, 0.25) is 5.02 Å². The Morgan fingerprint density at radius 3 is 2.35 bits per heavy atom. The molecule has 5 rings (SSSR count). The van der Waals surface area contributed by atoms with Gasteiger partial charge in [-0.1, -0.05) is 35.9 Å². The van der Waals surface area contributed by atoms with Crippen LogP contribution in [-0.4, -0.2) is 36.0 Å². The summed E-state index contributed by atoms with van der Waals surface area (Å²) >= 11 is 5.91. The molecule has 0 aliphatic carbocycles. The zero-order valence-corrected chi connectivity index (χ0v) is 17.2. The van der Waals surface area contributed by atoms with E-state index in [1.165, 1.54) is 4.90 Å². The molecular weight excluding hydrogens is 418 g/mol. The van der Waals surface area contributed by atoms with E-state index in [2.05, 4.69) is 0 Å². The number of hydrogen-bond acceptors (Lipinski definition) is 5. The van der Waals surface area contributed by atoms with Crippen LogP contribution in [0.3, 0.4) is 0 Å². The monoisotopic (exact) mass is 435 g/mol. The number of nitrogens with zero attached hydrogens (tertiary/aromatic N) is 1. The Balaban J connectivity index is 1.26. The Kier molecular flexibility index (Phi) is 5.00. The lowest BCUT2D eigenvalue weighted by atomic mass is 10.1. The van der Waals surface area contributed by atoms with Gasteiger partial charge in [0.25, 0.3) is 11.8 Å². The van der Waals surface area contributed by atoms with Crippen LogP contribution in [0.1, 0.15) is 26.3 Å². The van der Waals surface area contributed by atoms with Crippen LogP contribution < -0.4 is 14.2 Å². The lowest BCUT2D eigenvalue weighted by Gasteiger charge is -2.29. The van der Waals surface area contributed by atoms with Gasteiger partial charge < -0.3 is 14.2 Å². The number of carbonyl (C=O) groups is 2. The maximum atomic E-state index is 12.6. The highest BCUT2D eigenvalue weighted by Gasteiger charge is 2.37. The highest BCUT2D eigenvalue weighted by molar-refractivity contribution is 6.30. The van der Waals surface area contributed by atoms with E-state index in [4.69, 9.17) is 25.8 Å². The minimum Gasteiger partial charge on any atom is -0.489 e. The van der Waals surface area contributed by atoms with Gasteiger partial charge in [0.2, 0.25) is 0 Å². The van der Waals surface area contributed by atoms with Crippen LogP contribution in [0.15, 0.2) is 66.7 Å². The second-order valence-corrected chi connectivity index (χ2v) is 7.78. The number of ether oxygens (including phenoxy) is 3. The second-order valence-electron chi connectivity index (χ2n) is 7.34. The van der Waals surface area contributed by atoms with Gasteiger partial charge in [0.05, 0.1) is 17.7 Å². The normalized spacial score (nSPS) is 16.9. The zero-order valence-electron chi connectivity index (χ0n) is 16.4. The first-order valence-electron chi connectivity index (χ1n) is 9.84. The molecule has 3 aromatic carbocycles. The fourth-order valence-corrected chi connectivity index (χ4v) is 3.76. The van der Waals surface area contributed by atoms with Crippen molar-refractivity contribution < 1.29 is 23.8 Å². The first-order valence-corrected chi connectivity index (χ1v) is 10.2. The lowest BCUT2D eigenvalue weighted by Crippen LogP contribution is -2.43. The van der Waals surface area contributed by atoms with Gasteiger partial charge in [0, 0.05) is 11.1 Å². The van der Waals surface area contributed by atoms with Crippen molar-refractivity contribution in [1.29, 1.82) is 0 Å². The van der Waals surface area contributed by atoms with Crippen molar-refractivity contribution in [3.63, 3.8) is 0 Å². The second kappa shape index (κ2) is 7.96. The van der Waals surface area contributed by atoms with E-state index < -0.39 is 6.10 Å². The van der Waals surface area contributed by atoms with E-state index >= 15 is 0 Å². The summed E-state index contributed by atoms with van der Waals surface area (Å²) in [6, 6.07) is 19.6. The summed E-state index contributed by atoms with van der Waals surface area (Å²) in [5, 5.41) is 0.673. The Morgan fingerprint density at radius 2 is 1.65 bits per heavy atom. The number of amides is 2. The van der Waals surface area contributed by atoms with Crippen LogP contribution in [0.25, 0.3) is 0 Å². The van der Waals surface area contributed by atoms with Gasteiger partial charge in [0.15, 0.2) is 17.6 Å². The predicted octanol–water partition coefficient (Wildman–Crippen LogP) is 4.36. The molecule has 1 atom stereocenters. The van der Waals surface area contributed by atoms with E-state index in [-0.39, 0.29) is 25.0 Å². The van der Waals surface area contributed by atoms with Gasteiger partial charge >= 0.3 is 0 Å². The molecule has 31 heavy (non-hydrogen) atoms. The number of fused-ring (bicyclic) bond motifs is 2. The van der Waals surface area contributed by atoms with Crippen LogP contribution >= 0.6 is 11.6 Å². The Hall–Kier alpha value is -3.51. The summed E-state index contributed by atoms with van der Waals surface area (Å²) in [4.78, 5) is 26.4. The molecule has 6 nitrogen and oxygen atoms in total. The minimum absolute atomic E-state index is 0.113. The van der Waals surface area contributed by atoms with Crippen LogP contribution in [-0.2, 0) is 6.61 Å². The Bertz CT molecular complexity index is 1130. The van der Waals surface area contributed by atoms with Gasteiger partial charge in [0.1, 0.15) is 19.0 Å². The number of hydrogen-bond donors (Lipinski definition) is 0. The van der Waals surface area contributed by atoms with E-state index in [1.54, 1.807) is 36.4 Å². The maximum Gasteiger partial charge on any atom is 0.261 e. The molecule has 0 bridgehead atoms. The third kappa shape index (κ3) is 3.82. The fraction of sp³-hybridized carbons (Fsp3) is 0.167. The molecule has 0 fully saturated rings. The molecular formula is C24H18ClNO5. The molecule has 2 aliphatic heterocycles. The van der Waals surface area contributed by atoms with Crippen molar-refractivity contribution >= 4 is 23.4 Å². The average molecular weight is 436 g/mol. The molecule has 0 saturated carbocycles. The number of imide groups is 1. The quantitative estimate of drug-likeness (QED) is 0.557. The van der Waals surface area contributed by atoms with Crippen LogP contribution in [0.5, 0.6) is 17.2 Å². The van der Waals surface area contributed by atoms with E-state index in [9.17, 15) is 9.59 Å². The molecule has 0 saturated heterocycles. The summed E-state index contributed by atoms with van der Waals surface area (Å²) in [7, 11) is 0. The van der Waals surface area contributed by atoms with Gasteiger partial charge in [-0.25, -0.2) is 0 Å². The molecule has 0 radical (unpaired) electrons. The molecule has 3 aromatic rings. The van der Waals surface area contributed by atoms with Crippen molar-refractivity contribution in [1.82, 2.24) is 4.90 Å². The third-order valence-corrected chi connectivity index (χ3v) is 5.47. The summed E-state index contributed by atoms with van der Waals surface area (Å²) in [6.45, 7) is 0.738. The summed E-state index contributed by atoms with van der Waals surface area (Å²) in [5.41, 5.74) is 1.83. The van der Waals surface area contributed by atoms with E-state index in [0.717, 1.165) is 5.56 Å². The highest BCUT2D eigenvalue weighted by atomic mass is 35.5. The topological polar surface area (TPSA) is 65.1 Å². The van der Waals surface area contributed by atoms with E-state index in [1.807, 2.05) is 30.3 Å². The van der Waals surface area contributed by atoms with Gasteiger partial charge in [-0.3, -0.25) is 14.5 Å². The average Bonchev–Trinajstić information content (AvgIpc) is 3.03. The summed E-state index contributed by atoms with van der Waals surface area (Å²) in [6.07, 6.45) is -0.471. The molecule has 2 amide bonds. The molecule has 2 aliphatic rings. The minimum atomic E-state index is -0.471. The molecule has 1 unspecified atom stereocenters. The van der Waals surface area contributed by atoms with Crippen molar-refractivity contribution in [2.45, 2.75) is 12.7 Å². The summed E-state index contributed by atoms with van der Waals surface area (Å²) in [5.74, 6) is 1.11. The first-order chi connectivity index (χ1) is 15.1. The molecule has 2 heterocycles. The first kappa shape index (κ1) is 19.5. The van der Waals surface area contributed by atoms with Crippen molar-refractivity contribution in [2.75, 3.05) is 13.2 Å². The standard InChI is InChI=1S/C24H18ClNO5/c25-16-7-5-15(6-8-16)13-29-17-9-10-21-22(11-17)31-18(14-30-21)12-26-23(27)19-3-1-2-4-20(19)24(26)28/h1-11,18H,12-14H2. The number of benzene rings is 3. The van der Waals surface area contributed by atoms with Crippen molar-refractivity contribution in [3.8, 4) is 17.2 Å². The smallest absolute Gasteiger partial charge is 0.261 e. The van der Waals surface area contributed by atoms with Gasteiger partial charge in [-0.15, -0.1) is 0 Å². The van der Waals surface area contributed by atoms with Crippen LogP contribution in [0, 0.1) is 0 Å². The third-order valence-electron chi connectivity index (χ3n) is 5.22. The molecule has 7 heteroatoms. The number of rotatable bonds is 5. The van der Waals surface area contributed by atoms with Crippen LogP contribution in [0.4, 0.5) is 0 Å². The zero-order chi connectivity index (χ0) is 21.4. The Morgan fingerprint density at radius 1 is 0.935 bits per heavy atom. The lowest BCUT2D eigenvalue weighted by molar-refractivity contribution is 0.0428. The molecule has 0 aromatic heterocycles. The van der Waals surface area contributed by atoms with Gasteiger partial charge in [-0.05, 0) is 42.0 Å². The Labute approximate surface area is 183 Å². The largest absolute Gasteiger partial charge is 0.489 e. The van der Waals surface area contributed by atoms with Crippen molar-refractivity contribution in [2.24, 2.45) is 0 Å². The SMILES string of the molecule is O=C1c2ccccc2C(=O)N1CC1COc2ccc(OCc3ccc(Cl)cc3)cc2O1. The number of halogens is 1. The molecule has 0 spiro atoms. The van der Waals surface area contributed by atoms with E-state index in [0.29, 0.717) is 40.0 Å². The predicted molar refractivity (Wildman–Crippen MR) is 114 cm³/mol. The number of carbonyl (C=O) groups excluding carboxylic acids is 2. The van der Waals surface area contributed by atoms with Gasteiger partial charge in [-0.2, -0.15) is 0 Å². The maximum absolute atomic E-state index is 12.6.